The molecule has 0 aliphatic rings. The fourth-order valence-electron chi connectivity index (χ4n) is 2.40. The van der Waals surface area contributed by atoms with Gasteiger partial charge in [-0.05, 0) is 30.3 Å². The summed E-state index contributed by atoms with van der Waals surface area (Å²) in [4.78, 5) is 24.5. The first-order valence-corrected chi connectivity index (χ1v) is 7.54. The number of fused-ring (bicyclic) bond motifs is 1. The van der Waals surface area contributed by atoms with E-state index in [1.165, 1.54) is 19.2 Å². The largest absolute Gasteiger partial charge is 0.496 e. The van der Waals surface area contributed by atoms with Crippen LogP contribution < -0.4 is 15.6 Å². The van der Waals surface area contributed by atoms with Gasteiger partial charge in [-0.3, -0.25) is 9.59 Å². The number of nitrogens with zero attached hydrogens (tertiary/aromatic N) is 3. The summed E-state index contributed by atoms with van der Waals surface area (Å²) in [6.07, 6.45) is 0. The summed E-state index contributed by atoms with van der Waals surface area (Å²) >= 11 is 0. The second-order valence-electron chi connectivity index (χ2n) is 5.24. The van der Waals surface area contributed by atoms with Crippen molar-refractivity contribution in [3.63, 3.8) is 0 Å². The third kappa shape index (κ3) is 3.47. The number of nitrogens with one attached hydrogen (secondary N) is 1. The van der Waals surface area contributed by atoms with Gasteiger partial charge in [0.2, 0.25) is 0 Å². The molecule has 3 aromatic rings. The van der Waals surface area contributed by atoms with Gasteiger partial charge in [0.25, 0.3) is 11.5 Å². The molecule has 1 aromatic heterocycles. The van der Waals surface area contributed by atoms with E-state index in [9.17, 15) is 14.0 Å². The van der Waals surface area contributed by atoms with Gasteiger partial charge in [0.15, 0.2) is 0 Å². The highest BCUT2D eigenvalue weighted by molar-refractivity contribution is 5.96. The lowest BCUT2D eigenvalue weighted by atomic mass is 10.2. The van der Waals surface area contributed by atoms with E-state index in [0.717, 1.165) is 10.7 Å². The molecule has 25 heavy (non-hydrogen) atoms. The standard InChI is InChI=1S/C17H15FN4O3/c1-25-15-5-3-2-4-12(15)16(23)19-8-9-22-17(24)13-10-11(18)6-7-14(13)20-21-22/h2-7,10H,8-9H2,1H3,(H,19,23). The number of hydrogen-bond donors (Lipinski definition) is 1. The van der Waals surface area contributed by atoms with E-state index in [1.807, 2.05) is 0 Å². The van der Waals surface area contributed by atoms with Crippen LogP contribution in [0, 0.1) is 5.82 Å². The van der Waals surface area contributed by atoms with Gasteiger partial charge in [0.1, 0.15) is 17.1 Å². The number of benzene rings is 2. The van der Waals surface area contributed by atoms with E-state index in [-0.39, 0.29) is 24.4 Å². The fourth-order valence-corrected chi connectivity index (χ4v) is 2.40. The van der Waals surface area contributed by atoms with Crippen molar-refractivity contribution in [3.8, 4) is 5.75 Å². The van der Waals surface area contributed by atoms with Crippen LogP contribution in [0.5, 0.6) is 5.75 Å². The van der Waals surface area contributed by atoms with Gasteiger partial charge in [0, 0.05) is 6.54 Å². The summed E-state index contributed by atoms with van der Waals surface area (Å²) in [5.41, 5.74) is 0.251. The first kappa shape index (κ1) is 16.6. The van der Waals surface area contributed by atoms with Crippen molar-refractivity contribution in [2.24, 2.45) is 0 Å². The van der Waals surface area contributed by atoms with Crippen LogP contribution in [0.25, 0.3) is 10.9 Å². The number of carbonyl (C=O) groups excluding carboxylic acids is 1. The number of hydrogen-bond acceptors (Lipinski definition) is 5. The van der Waals surface area contributed by atoms with E-state index in [1.54, 1.807) is 24.3 Å². The lowest BCUT2D eigenvalue weighted by molar-refractivity contribution is 0.0948. The number of carbonyl (C=O) groups is 1. The molecule has 0 bridgehead atoms. The number of rotatable bonds is 5. The number of methoxy groups -OCH3 is 1. The third-order valence-electron chi connectivity index (χ3n) is 3.64. The van der Waals surface area contributed by atoms with Crippen molar-refractivity contribution < 1.29 is 13.9 Å². The SMILES string of the molecule is COc1ccccc1C(=O)NCCn1nnc2ccc(F)cc2c1=O. The Balaban J connectivity index is 1.72. The van der Waals surface area contributed by atoms with Gasteiger partial charge >= 0.3 is 0 Å². The van der Waals surface area contributed by atoms with Gasteiger partial charge in [-0.1, -0.05) is 17.3 Å². The molecule has 0 spiro atoms. The highest BCUT2D eigenvalue weighted by Crippen LogP contribution is 2.16. The van der Waals surface area contributed by atoms with Crippen LogP contribution in [0.2, 0.25) is 0 Å². The molecule has 0 radical (unpaired) electrons. The van der Waals surface area contributed by atoms with E-state index in [4.69, 9.17) is 4.74 Å². The summed E-state index contributed by atoms with van der Waals surface area (Å²) in [7, 11) is 1.48. The molecule has 128 valence electrons. The Bertz CT molecular complexity index is 987. The van der Waals surface area contributed by atoms with Crippen molar-refractivity contribution in [2.75, 3.05) is 13.7 Å². The van der Waals surface area contributed by atoms with Crippen LogP contribution in [0.15, 0.2) is 47.3 Å². The zero-order valence-corrected chi connectivity index (χ0v) is 13.4. The summed E-state index contributed by atoms with van der Waals surface area (Å²) in [6, 6.07) is 10.5. The highest BCUT2D eigenvalue weighted by Gasteiger charge is 2.11. The summed E-state index contributed by atoms with van der Waals surface area (Å²) in [5.74, 6) is -0.392. The van der Waals surface area contributed by atoms with Crippen LogP contribution in [-0.2, 0) is 6.54 Å². The number of ether oxygens (including phenoxy) is 1. The first-order chi connectivity index (χ1) is 12.1. The molecule has 7 nitrogen and oxygen atoms in total. The molecular weight excluding hydrogens is 327 g/mol. The molecule has 0 atom stereocenters. The molecule has 0 aliphatic heterocycles. The molecule has 3 rings (SSSR count). The van der Waals surface area contributed by atoms with Crippen molar-refractivity contribution in [1.29, 1.82) is 0 Å². The predicted octanol–water partition coefficient (Wildman–Crippen LogP) is 1.37. The minimum Gasteiger partial charge on any atom is -0.496 e. The minimum atomic E-state index is -0.520. The van der Waals surface area contributed by atoms with Gasteiger partial charge in [-0.15, -0.1) is 5.10 Å². The van der Waals surface area contributed by atoms with Crippen molar-refractivity contribution in [2.45, 2.75) is 6.54 Å². The molecule has 0 fully saturated rings. The highest BCUT2D eigenvalue weighted by atomic mass is 19.1. The lowest BCUT2D eigenvalue weighted by Crippen LogP contribution is -2.32. The van der Waals surface area contributed by atoms with Gasteiger partial charge in [-0.25, -0.2) is 9.07 Å². The summed E-state index contributed by atoms with van der Waals surface area (Å²) < 4.78 is 19.5. The van der Waals surface area contributed by atoms with Crippen LogP contribution >= 0.6 is 0 Å². The van der Waals surface area contributed by atoms with Crippen molar-refractivity contribution >= 4 is 16.8 Å². The first-order valence-electron chi connectivity index (χ1n) is 7.54. The minimum absolute atomic E-state index is 0.110. The predicted molar refractivity (Wildman–Crippen MR) is 89.1 cm³/mol. The average Bonchev–Trinajstić information content (AvgIpc) is 2.64. The normalized spacial score (nSPS) is 10.6. The van der Waals surface area contributed by atoms with Crippen LogP contribution in [0.3, 0.4) is 0 Å². The maximum absolute atomic E-state index is 13.3. The Morgan fingerprint density at radius 3 is 2.88 bits per heavy atom. The molecule has 2 aromatic carbocycles. The Morgan fingerprint density at radius 2 is 2.08 bits per heavy atom. The van der Waals surface area contributed by atoms with Crippen LogP contribution in [-0.4, -0.2) is 34.6 Å². The Kier molecular flexibility index (Phi) is 4.69. The van der Waals surface area contributed by atoms with E-state index in [0.29, 0.717) is 16.8 Å². The monoisotopic (exact) mass is 342 g/mol. The third-order valence-corrected chi connectivity index (χ3v) is 3.64. The van der Waals surface area contributed by atoms with E-state index >= 15 is 0 Å². The zero-order chi connectivity index (χ0) is 17.8. The Morgan fingerprint density at radius 1 is 1.28 bits per heavy atom. The van der Waals surface area contributed by atoms with Crippen molar-refractivity contribution in [3.05, 3.63) is 64.2 Å². The molecule has 0 saturated heterocycles. The second kappa shape index (κ2) is 7.08. The van der Waals surface area contributed by atoms with Gasteiger partial charge in [0.05, 0.1) is 24.6 Å². The molecule has 1 amide bonds. The molecule has 8 heteroatoms. The number of para-hydroxylation sites is 1. The maximum Gasteiger partial charge on any atom is 0.277 e. The van der Waals surface area contributed by atoms with Gasteiger partial charge in [-0.2, -0.15) is 0 Å². The Hall–Kier alpha value is -3.29. The number of amides is 1. The van der Waals surface area contributed by atoms with E-state index in [2.05, 4.69) is 15.6 Å². The Labute approximate surface area is 142 Å². The molecule has 0 unspecified atom stereocenters. The number of halogens is 1. The molecule has 0 saturated carbocycles. The average molecular weight is 342 g/mol. The molecule has 0 aliphatic carbocycles. The zero-order valence-electron chi connectivity index (χ0n) is 13.4. The molecule has 1 heterocycles. The van der Waals surface area contributed by atoms with E-state index < -0.39 is 11.4 Å². The topological polar surface area (TPSA) is 86.1 Å². The molecule has 1 N–H and O–H groups in total. The van der Waals surface area contributed by atoms with Gasteiger partial charge < -0.3 is 10.1 Å². The summed E-state index contributed by atoms with van der Waals surface area (Å²) in [5, 5.41) is 10.5. The van der Waals surface area contributed by atoms with Crippen LogP contribution in [0.1, 0.15) is 10.4 Å². The smallest absolute Gasteiger partial charge is 0.277 e. The second-order valence-corrected chi connectivity index (χ2v) is 5.24. The van der Waals surface area contributed by atoms with Crippen molar-refractivity contribution in [1.82, 2.24) is 20.3 Å². The fraction of sp³-hybridized carbons (Fsp3) is 0.176. The maximum atomic E-state index is 13.3. The lowest BCUT2D eigenvalue weighted by Gasteiger charge is -2.09. The molecular formula is C17H15FN4O3. The quantitative estimate of drug-likeness (QED) is 0.757. The number of aromatic nitrogens is 3. The van der Waals surface area contributed by atoms with Crippen LogP contribution in [0.4, 0.5) is 4.39 Å². The summed E-state index contributed by atoms with van der Waals surface area (Å²) in [6.45, 7) is 0.269.